The summed E-state index contributed by atoms with van der Waals surface area (Å²) in [5.41, 5.74) is 5.11. The van der Waals surface area contributed by atoms with Crippen molar-refractivity contribution in [2.45, 2.75) is 62.9 Å². The van der Waals surface area contributed by atoms with Gasteiger partial charge in [-0.1, -0.05) is 86.3 Å². The van der Waals surface area contributed by atoms with Crippen LogP contribution >= 0.6 is 0 Å². The summed E-state index contributed by atoms with van der Waals surface area (Å²) in [5, 5.41) is 3.61. The quantitative estimate of drug-likeness (QED) is 0.308. The van der Waals surface area contributed by atoms with Gasteiger partial charge < -0.3 is 9.88 Å². The second-order valence-electron chi connectivity index (χ2n) is 10.3. The molecule has 0 atom stereocenters. The molecule has 0 bridgehead atoms. The van der Waals surface area contributed by atoms with Gasteiger partial charge in [-0.15, -0.1) is 0 Å². The van der Waals surface area contributed by atoms with E-state index < -0.39 is 0 Å². The van der Waals surface area contributed by atoms with E-state index in [1.54, 1.807) is 0 Å². The van der Waals surface area contributed by atoms with Crippen LogP contribution in [0.15, 0.2) is 84.9 Å². The van der Waals surface area contributed by atoms with E-state index in [1.807, 2.05) is 0 Å². The van der Waals surface area contributed by atoms with Crippen LogP contribution in [0.1, 0.15) is 63.0 Å². The summed E-state index contributed by atoms with van der Waals surface area (Å²) in [4.78, 5) is 7.84. The van der Waals surface area contributed by atoms with Crippen molar-refractivity contribution in [1.82, 2.24) is 14.5 Å². The normalized spacial score (nSPS) is 19.4. The van der Waals surface area contributed by atoms with Crippen LogP contribution in [0.2, 0.25) is 0 Å². The molecule has 180 valence electrons. The number of likely N-dealkylation sites (tertiary alicyclic amines) is 1. The average Bonchev–Trinajstić information content (AvgIpc) is 3.09. The molecule has 2 heterocycles. The Morgan fingerprint density at radius 3 is 2.06 bits per heavy atom. The van der Waals surface area contributed by atoms with Gasteiger partial charge in [-0.05, 0) is 55.5 Å². The zero-order chi connectivity index (χ0) is 23.5. The lowest BCUT2D eigenvalue weighted by molar-refractivity contribution is 0.0362. The third kappa shape index (κ3) is 4.36. The Bertz CT molecular complexity index is 1230. The number of nitrogens with one attached hydrogen (secondary N) is 1. The van der Waals surface area contributed by atoms with Gasteiger partial charge in [0.2, 0.25) is 5.95 Å². The number of aromatic nitrogens is 2. The Morgan fingerprint density at radius 2 is 1.34 bits per heavy atom. The predicted octanol–water partition coefficient (Wildman–Crippen LogP) is 7.67. The van der Waals surface area contributed by atoms with E-state index >= 15 is 0 Å². The van der Waals surface area contributed by atoms with Crippen LogP contribution < -0.4 is 5.32 Å². The van der Waals surface area contributed by atoms with Crippen LogP contribution in [0.4, 0.5) is 11.6 Å². The van der Waals surface area contributed by atoms with Crippen molar-refractivity contribution in [3.63, 3.8) is 0 Å². The molecule has 3 aromatic carbocycles. The molecule has 4 aromatic rings. The molecule has 0 amide bonds. The van der Waals surface area contributed by atoms with Crippen molar-refractivity contribution < 1.29 is 0 Å². The van der Waals surface area contributed by atoms with Crippen LogP contribution in [0, 0.1) is 0 Å². The fourth-order valence-corrected chi connectivity index (χ4v) is 6.55. The highest BCUT2D eigenvalue weighted by atomic mass is 15.3. The maximum atomic E-state index is 5.00. The van der Waals surface area contributed by atoms with Gasteiger partial charge in [-0.3, -0.25) is 4.90 Å². The lowest BCUT2D eigenvalue weighted by atomic mass is 9.79. The Morgan fingerprint density at radius 1 is 0.714 bits per heavy atom. The first-order valence-corrected chi connectivity index (χ1v) is 13.4. The summed E-state index contributed by atoms with van der Waals surface area (Å²) < 4.78 is 2.47. The van der Waals surface area contributed by atoms with E-state index in [2.05, 4.69) is 99.7 Å². The first-order chi connectivity index (χ1) is 17.3. The van der Waals surface area contributed by atoms with Crippen LogP contribution in [-0.4, -0.2) is 27.5 Å². The fourth-order valence-electron chi connectivity index (χ4n) is 6.55. The first-order valence-electron chi connectivity index (χ1n) is 13.4. The zero-order valence-electron chi connectivity index (χ0n) is 20.6. The van der Waals surface area contributed by atoms with Crippen LogP contribution in [0.25, 0.3) is 11.0 Å². The lowest BCUT2D eigenvalue weighted by Crippen LogP contribution is -2.50. The zero-order valence-corrected chi connectivity index (χ0v) is 20.6. The van der Waals surface area contributed by atoms with E-state index in [0.717, 1.165) is 43.1 Å². The summed E-state index contributed by atoms with van der Waals surface area (Å²) in [6.07, 6.45) is 10.3. The van der Waals surface area contributed by atoms with E-state index in [4.69, 9.17) is 4.98 Å². The number of fused-ring (bicyclic) bond motifs is 1. The molecule has 0 spiro atoms. The summed E-state index contributed by atoms with van der Waals surface area (Å²) in [6.45, 7) is 2.27. The molecule has 1 aromatic heterocycles. The van der Waals surface area contributed by atoms with Crippen LogP contribution in [0.3, 0.4) is 0 Å². The third-order valence-electron chi connectivity index (χ3n) is 8.30. The van der Waals surface area contributed by atoms with Crippen molar-refractivity contribution >= 4 is 22.7 Å². The van der Waals surface area contributed by atoms with Gasteiger partial charge in [0, 0.05) is 30.4 Å². The summed E-state index contributed by atoms with van der Waals surface area (Å²) in [6, 6.07) is 30.8. The molecule has 1 aliphatic carbocycles. The highest BCUT2D eigenvalue weighted by Crippen LogP contribution is 2.44. The van der Waals surface area contributed by atoms with Gasteiger partial charge in [-0.2, -0.15) is 0 Å². The second-order valence-corrected chi connectivity index (χ2v) is 10.3. The molecule has 4 nitrogen and oxygen atoms in total. The van der Waals surface area contributed by atoms with Gasteiger partial charge in [0.25, 0.3) is 0 Å². The molecule has 1 saturated heterocycles. The first kappa shape index (κ1) is 22.4. The molecule has 1 aliphatic heterocycles. The Balaban J connectivity index is 1.29. The maximum Gasteiger partial charge on any atom is 0.208 e. The number of hydrogen-bond acceptors (Lipinski definition) is 3. The van der Waals surface area contributed by atoms with Crippen molar-refractivity contribution in [2.75, 3.05) is 18.4 Å². The number of imidazole rings is 1. The number of rotatable bonds is 5. The topological polar surface area (TPSA) is 33.1 Å². The van der Waals surface area contributed by atoms with Crippen molar-refractivity contribution in [2.24, 2.45) is 0 Å². The number of hydrogen-bond donors (Lipinski definition) is 1. The van der Waals surface area contributed by atoms with E-state index in [0.29, 0.717) is 6.04 Å². The van der Waals surface area contributed by atoms with Gasteiger partial charge >= 0.3 is 0 Å². The SMILES string of the molecule is c1ccc(Nc2nc3ccccc3n2C2CCN(C3(c4ccccc4)CCCCCC3)CC2)cc1. The summed E-state index contributed by atoms with van der Waals surface area (Å²) in [7, 11) is 0. The predicted molar refractivity (Wildman–Crippen MR) is 145 cm³/mol. The van der Waals surface area contributed by atoms with E-state index in [-0.39, 0.29) is 5.54 Å². The molecule has 0 radical (unpaired) electrons. The fraction of sp³-hybridized carbons (Fsp3) is 0.387. The molecule has 35 heavy (non-hydrogen) atoms. The number of nitrogens with zero attached hydrogens (tertiary/aromatic N) is 3. The molecule has 1 N–H and O–H groups in total. The summed E-state index contributed by atoms with van der Waals surface area (Å²) in [5.74, 6) is 0.961. The Kier molecular flexibility index (Phi) is 6.30. The Labute approximate surface area is 209 Å². The maximum absolute atomic E-state index is 5.00. The van der Waals surface area contributed by atoms with Gasteiger partial charge in [0.1, 0.15) is 0 Å². The monoisotopic (exact) mass is 464 g/mol. The third-order valence-corrected chi connectivity index (χ3v) is 8.30. The summed E-state index contributed by atoms with van der Waals surface area (Å²) >= 11 is 0. The number of benzene rings is 3. The Hall–Kier alpha value is -3.11. The number of para-hydroxylation sites is 3. The van der Waals surface area contributed by atoms with Gasteiger partial charge in [-0.25, -0.2) is 4.98 Å². The molecule has 2 aliphatic rings. The standard InChI is InChI=1S/C31H36N4/c1-2-12-22-31(21-11-1,25-13-5-3-6-14-25)34-23-19-27(20-24-34)35-29-18-10-9-17-28(29)33-30(35)32-26-15-7-4-8-16-26/h3-10,13-18,27H,1-2,11-12,19-24H2,(H,32,33). The lowest BCUT2D eigenvalue weighted by Gasteiger charge is -2.48. The molecular formula is C31H36N4. The minimum Gasteiger partial charge on any atom is -0.326 e. The van der Waals surface area contributed by atoms with Gasteiger partial charge in [0.15, 0.2) is 0 Å². The van der Waals surface area contributed by atoms with Crippen LogP contribution in [-0.2, 0) is 5.54 Å². The molecule has 2 fully saturated rings. The van der Waals surface area contributed by atoms with Gasteiger partial charge in [0.05, 0.1) is 11.0 Å². The van der Waals surface area contributed by atoms with E-state index in [1.165, 1.54) is 49.6 Å². The molecule has 1 saturated carbocycles. The van der Waals surface area contributed by atoms with Crippen molar-refractivity contribution in [3.8, 4) is 0 Å². The molecule has 4 heteroatoms. The molecule has 6 rings (SSSR count). The molecule has 0 unspecified atom stereocenters. The largest absolute Gasteiger partial charge is 0.326 e. The molecular weight excluding hydrogens is 428 g/mol. The second kappa shape index (κ2) is 9.87. The minimum atomic E-state index is 0.199. The number of piperidine rings is 1. The van der Waals surface area contributed by atoms with Crippen molar-refractivity contribution in [3.05, 3.63) is 90.5 Å². The number of anilines is 2. The average molecular weight is 465 g/mol. The highest BCUT2D eigenvalue weighted by molar-refractivity contribution is 5.80. The smallest absolute Gasteiger partial charge is 0.208 e. The van der Waals surface area contributed by atoms with Crippen LogP contribution in [0.5, 0.6) is 0 Å². The van der Waals surface area contributed by atoms with E-state index in [9.17, 15) is 0 Å². The minimum absolute atomic E-state index is 0.199. The highest BCUT2D eigenvalue weighted by Gasteiger charge is 2.40. The van der Waals surface area contributed by atoms with Crippen molar-refractivity contribution in [1.29, 1.82) is 0 Å².